The van der Waals surface area contributed by atoms with Crippen LogP contribution in [0.4, 0.5) is 10.1 Å². The molecule has 0 fully saturated rings. The predicted molar refractivity (Wildman–Crippen MR) is 60.6 cm³/mol. The highest BCUT2D eigenvalue weighted by Crippen LogP contribution is 2.65. The SMILES string of the molecule is COP(=O)(OC)C1(O)C(=O)Nc2ccc(F)cc21. The van der Waals surface area contributed by atoms with Crippen molar-refractivity contribution in [2.24, 2.45) is 0 Å². The van der Waals surface area contributed by atoms with Gasteiger partial charge >= 0.3 is 7.60 Å². The summed E-state index contributed by atoms with van der Waals surface area (Å²) in [6.07, 6.45) is 0. The molecular weight excluding hydrogens is 264 g/mol. The molecule has 0 aromatic heterocycles. The Balaban J connectivity index is 2.69. The highest BCUT2D eigenvalue weighted by molar-refractivity contribution is 7.56. The van der Waals surface area contributed by atoms with Gasteiger partial charge in [-0.2, -0.15) is 0 Å². The maximum absolute atomic E-state index is 13.2. The summed E-state index contributed by atoms with van der Waals surface area (Å²) in [6, 6.07) is 3.28. The van der Waals surface area contributed by atoms with Crippen molar-refractivity contribution in [2.45, 2.75) is 5.34 Å². The number of hydrogen-bond acceptors (Lipinski definition) is 5. The first-order chi connectivity index (χ1) is 8.39. The van der Waals surface area contributed by atoms with E-state index in [2.05, 4.69) is 14.4 Å². The number of halogens is 1. The van der Waals surface area contributed by atoms with Crippen LogP contribution in [0, 0.1) is 5.82 Å². The van der Waals surface area contributed by atoms with E-state index in [9.17, 15) is 18.9 Å². The molecule has 1 aromatic carbocycles. The molecule has 1 aliphatic heterocycles. The van der Waals surface area contributed by atoms with Gasteiger partial charge in [0.25, 0.3) is 11.2 Å². The third kappa shape index (κ3) is 1.52. The normalized spacial score (nSPS) is 22.8. The minimum atomic E-state index is -4.17. The smallest absolute Gasteiger partial charge is 0.366 e. The van der Waals surface area contributed by atoms with E-state index in [1.54, 1.807) is 0 Å². The number of carbonyl (C=O) groups is 1. The Morgan fingerprint density at radius 3 is 2.56 bits per heavy atom. The van der Waals surface area contributed by atoms with Crippen LogP contribution in [-0.4, -0.2) is 25.2 Å². The summed E-state index contributed by atoms with van der Waals surface area (Å²) < 4.78 is 34.8. The Kier molecular flexibility index (Phi) is 3.03. The van der Waals surface area contributed by atoms with Crippen molar-refractivity contribution in [2.75, 3.05) is 19.5 Å². The first-order valence-corrected chi connectivity index (χ1v) is 6.49. The van der Waals surface area contributed by atoms with Crippen LogP contribution in [-0.2, 0) is 23.7 Å². The van der Waals surface area contributed by atoms with Gasteiger partial charge in [-0.15, -0.1) is 0 Å². The number of carbonyl (C=O) groups excluding carboxylic acids is 1. The summed E-state index contributed by atoms with van der Waals surface area (Å²) in [7, 11) is -2.10. The lowest BCUT2D eigenvalue weighted by Gasteiger charge is -2.27. The van der Waals surface area contributed by atoms with E-state index in [0.29, 0.717) is 0 Å². The maximum Gasteiger partial charge on any atom is 0.376 e. The lowest BCUT2D eigenvalue weighted by molar-refractivity contribution is -0.127. The Morgan fingerprint density at radius 2 is 2.00 bits per heavy atom. The van der Waals surface area contributed by atoms with E-state index in [1.807, 2.05) is 0 Å². The molecule has 0 saturated heterocycles. The zero-order chi connectivity index (χ0) is 13.6. The van der Waals surface area contributed by atoms with E-state index in [0.717, 1.165) is 26.4 Å². The van der Waals surface area contributed by atoms with Gasteiger partial charge in [0.1, 0.15) is 5.82 Å². The van der Waals surface area contributed by atoms with Gasteiger partial charge in [-0.3, -0.25) is 9.36 Å². The molecule has 0 radical (unpaired) electrons. The van der Waals surface area contributed by atoms with Crippen LogP contribution in [0.5, 0.6) is 0 Å². The van der Waals surface area contributed by atoms with E-state index >= 15 is 0 Å². The summed E-state index contributed by atoms with van der Waals surface area (Å²) in [4.78, 5) is 11.8. The zero-order valence-corrected chi connectivity index (χ0v) is 10.5. The third-order valence-electron chi connectivity index (χ3n) is 2.80. The minimum Gasteiger partial charge on any atom is -0.366 e. The predicted octanol–water partition coefficient (Wildman–Crippen LogP) is 1.41. The van der Waals surface area contributed by atoms with Crippen molar-refractivity contribution in [3.05, 3.63) is 29.6 Å². The fourth-order valence-electron chi connectivity index (χ4n) is 1.86. The number of anilines is 1. The molecule has 0 bridgehead atoms. The molecule has 1 unspecified atom stereocenters. The van der Waals surface area contributed by atoms with Gasteiger partial charge in [-0.1, -0.05) is 0 Å². The standard InChI is InChI=1S/C10H11FNO5P/c1-16-18(15,17-2)10(14)7-5-6(11)3-4-8(7)12-9(10)13/h3-5,14H,1-2H3,(H,12,13). The van der Waals surface area contributed by atoms with Gasteiger partial charge in [0.2, 0.25) is 0 Å². The molecule has 1 atom stereocenters. The van der Waals surface area contributed by atoms with Crippen LogP contribution in [0.1, 0.15) is 5.56 Å². The Morgan fingerprint density at radius 1 is 1.39 bits per heavy atom. The first kappa shape index (κ1) is 13.2. The molecule has 2 N–H and O–H groups in total. The molecule has 0 saturated carbocycles. The molecule has 1 aliphatic rings. The van der Waals surface area contributed by atoms with Gasteiger partial charge in [0.15, 0.2) is 0 Å². The highest BCUT2D eigenvalue weighted by atomic mass is 31.2. The topological polar surface area (TPSA) is 84.9 Å². The van der Waals surface area contributed by atoms with E-state index in [1.165, 1.54) is 6.07 Å². The van der Waals surface area contributed by atoms with Crippen molar-refractivity contribution in [1.82, 2.24) is 0 Å². The quantitative estimate of drug-likeness (QED) is 0.815. The monoisotopic (exact) mass is 275 g/mol. The average molecular weight is 275 g/mol. The summed E-state index contributed by atoms with van der Waals surface area (Å²) in [5.41, 5.74) is -0.00208. The number of amides is 1. The van der Waals surface area contributed by atoms with Crippen LogP contribution in [0.25, 0.3) is 0 Å². The summed E-state index contributed by atoms with van der Waals surface area (Å²) in [5, 5.41) is 10.1. The van der Waals surface area contributed by atoms with E-state index < -0.39 is 24.7 Å². The molecule has 98 valence electrons. The molecule has 18 heavy (non-hydrogen) atoms. The van der Waals surface area contributed by atoms with Crippen molar-refractivity contribution in [3.8, 4) is 0 Å². The largest absolute Gasteiger partial charge is 0.376 e. The lowest BCUT2D eigenvalue weighted by Crippen LogP contribution is -2.35. The van der Waals surface area contributed by atoms with Gasteiger partial charge in [-0.25, -0.2) is 4.39 Å². The maximum atomic E-state index is 13.2. The number of fused-ring (bicyclic) bond motifs is 1. The Labute approximate surface area is 102 Å². The highest BCUT2D eigenvalue weighted by Gasteiger charge is 2.61. The van der Waals surface area contributed by atoms with Gasteiger partial charge in [-0.05, 0) is 18.2 Å². The molecule has 1 aromatic rings. The summed E-state index contributed by atoms with van der Waals surface area (Å²) in [5.74, 6) is -1.66. The molecular formula is C10H11FNO5P. The Bertz CT molecular complexity index is 555. The van der Waals surface area contributed by atoms with Crippen molar-refractivity contribution >= 4 is 19.2 Å². The molecule has 0 spiro atoms. The second-order valence-corrected chi connectivity index (χ2v) is 6.05. The van der Waals surface area contributed by atoms with Gasteiger partial charge in [0, 0.05) is 25.5 Å². The molecule has 1 heterocycles. The first-order valence-electron chi connectivity index (χ1n) is 4.94. The molecule has 1 amide bonds. The van der Waals surface area contributed by atoms with E-state index in [-0.39, 0.29) is 11.3 Å². The van der Waals surface area contributed by atoms with E-state index in [4.69, 9.17) is 0 Å². The second-order valence-electron chi connectivity index (χ2n) is 3.68. The number of benzene rings is 1. The van der Waals surface area contributed by atoms with Crippen molar-refractivity contribution < 1.29 is 27.9 Å². The zero-order valence-electron chi connectivity index (χ0n) is 9.64. The number of nitrogens with one attached hydrogen (secondary N) is 1. The molecule has 2 rings (SSSR count). The number of hydrogen-bond donors (Lipinski definition) is 2. The Hall–Kier alpha value is -1.27. The van der Waals surface area contributed by atoms with Crippen molar-refractivity contribution in [3.63, 3.8) is 0 Å². The molecule has 0 aliphatic carbocycles. The fourth-order valence-corrected chi connectivity index (χ4v) is 3.32. The van der Waals surface area contributed by atoms with Crippen LogP contribution in [0.3, 0.4) is 0 Å². The summed E-state index contributed by atoms with van der Waals surface area (Å²) in [6.45, 7) is 0. The van der Waals surface area contributed by atoms with Crippen LogP contribution >= 0.6 is 7.60 Å². The van der Waals surface area contributed by atoms with Gasteiger partial charge in [0.05, 0.1) is 0 Å². The summed E-state index contributed by atoms with van der Waals surface area (Å²) >= 11 is 0. The number of aliphatic hydroxyl groups is 1. The minimum absolute atomic E-state index is 0.165. The third-order valence-corrected chi connectivity index (χ3v) is 5.00. The molecule has 6 nitrogen and oxygen atoms in total. The van der Waals surface area contributed by atoms with Crippen LogP contribution in [0.2, 0.25) is 0 Å². The van der Waals surface area contributed by atoms with Crippen LogP contribution < -0.4 is 5.32 Å². The molecule has 8 heteroatoms. The number of rotatable bonds is 3. The average Bonchev–Trinajstić information content (AvgIpc) is 2.62. The van der Waals surface area contributed by atoms with Gasteiger partial charge < -0.3 is 19.5 Å². The fraction of sp³-hybridized carbons (Fsp3) is 0.300. The lowest BCUT2D eigenvalue weighted by atomic mass is 10.1. The second kappa shape index (κ2) is 4.13. The van der Waals surface area contributed by atoms with Crippen LogP contribution in [0.15, 0.2) is 18.2 Å². The van der Waals surface area contributed by atoms with Crippen molar-refractivity contribution in [1.29, 1.82) is 0 Å².